The fourth-order valence-electron chi connectivity index (χ4n) is 10.2. The van der Waals surface area contributed by atoms with Crippen LogP contribution >= 0.6 is 0 Å². The monoisotopic (exact) mass is 759 g/mol. The minimum Gasteiger partial charge on any atom is -0.344 e. The number of barbiturate groups is 1. The molecule has 8 rings (SSSR count). The maximum absolute atomic E-state index is 14.4. The first kappa shape index (κ1) is 38.2. The third-order valence-electron chi connectivity index (χ3n) is 12.8. The number of amides is 4. The van der Waals surface area contributed by atoms with Crippen molar-refractivity contribution in [2.24, 2.45) is 0 Å². The van der Waals surface area contributed by atoms with Gasteiger partial charge in [-0.25, -0.2) is 9.69 Å². The highest BCUT2D eigenvalue weighted by atomic mass is 16.2. The number of imide groups is 2. The largest absolute Gasteiger partial charge is 0.438 e. The minimum atomic E-state index is -0.490. The van der Waals surface area contributed by atoms with Crippen LogP contribution in [-0.4, -0.2) is 58.6 Å². The smallest absolute Gasteiger partial charge is 0.344 e. The normalized spacial score (nSPS) is 23.3. The molecule has 4 amide bonds. The Bertz CT molecular complexity index is 2360. The van der Waals surface area contributed by atoms with E-state index in [2.05, 4.69) is 148 Å². The quantitative estimate of drug-likeness (QED) is 0.112. The molecule has 7 nitrogen and oxygen atoms in total. The van der Waals surface area contributed by atoms with Crippen LogP contribution in [0, 0.1) is 0 Å². The standard InChI is InChI=1S/C50H54N4O3/c1-9-51-38-28-24-32-18-13-15-22-36(32)44(38)49(5,6)40(51)30-26-34-20-17-21-35(42(34)43-46(55)53(11-3)48(57)54(12-4)47(43)56)27-31-41-50(7,8)45-37-23-16-14-19-33(37)25-29-39(45)52(41)10-2/h13-16,18-19,22-31H,9-12,17,20-21H2,1-8H3/p+1/b34-26+,35-27+,40-30-,41-31+. The van der Waals surface area contributed by atoms with Gasteiger partial charge in [0, 0.05) is 65.4 Å². The van der Waals surface area contributed by atoms with Crippen LogP contribution in [0.1, 0.15) is 85.8 Å². The second-order valence-corrected chi connectivity index (χ2v) is 16.6. The van der Waals surface area contributed by atoms with Crippen LogP contribution in [0.3, 0.4) is 0 Å². The molecule has 2 fully saturated rings. The van der Waals surface area contributed by atoms with E-state index in [4.69, 9.17) is 0 Å². The molecular weight excluding hydrogens is 705 g/mol. The van der Waals surface area contributed by atoms with E-state index < -0.39 is 11.9 Å². The summed E-state index contributed by atoms with van der Waals surface area (Å²) in [7, 11) is 0. The Morgan fingerprint density at radius 1 is 0.561 bits per heavy atom. The second-order valence-electron chi connectivity index (χ2n) is 16.6. The lowest BCUT2D eigenvalue weighted by Gasteiger charge is -2.33. The maximum Gasteiger partial charge on any atom is 0.438 e. The van der Waals surface area contributed by atoms with E-state index in [0.717, 1.165) is 49.1 Å². The molecule has 0 atom stereocenters. The third-order valence-corrected chi connectivity index (χ3v) is 12.8. The number of anilines is 2. The number of carbonyl (C=O) groups is 2. The number of urea groups is 1. The Balaban J connectivity index is 1.31. The molecular formula is C50H55N4O3+. The molecule has 3 aliphatic heterocycles. The molecule has 4 aromatic rings. The topological polar surface area (TPSA) is 68.5 Å². The van der Waals surface area contributed by atoms with E-state index in [1.807, 2.05) is 13.8 Å². The molecule has 4 aliphatic rings. The first-order valence-corrected chi connectivity index (χ1v) is 20.8. The summed E-state index contributed by atoms with van der Waals surface area (Å²) in [5.74, 6) is -0.721. The predicted molar refractivity (Wildman–Crippen MR) is 235 cm³/mol. The number of hydrogen-bond donors (Lipinski definition) is 0. The number of allylic oxidation sites excluding steroid dienone is 9. The van der Waals surface area contributed by atoms with Gasteiger partial charge in [0.1, 0.15) is 0 Å². The average Bonchev–Trinajstić information content (AvgIpc) is 3.57. The van der Waals surface area contributed by atoms with E-state index >= 15 is 0 Å². The maximum atomic E-state index is 14.4. The fraction of sp³-hybridized carbons (Fsp3) is 0.340. The predicted octanol–water partition coefficient (Wildman–Crippen LogP) is 10.8. The van der Waals surface area contributed by atoms with Gasteiger partial charge in [0.2, 0.25) is 0 Å². The highest BCUT2D eigenvalue weighted by Crippen LogP contribution is 2.52. The Hall–Kier alpha value is -5.69. The molecule has 292 valence electrons. The van der Waals surface area contributed by atoms with Gasteiger partial charge in [-0.3, -0.25) is 14.5 Å². The van der Waals surface area contributed by atoms with Crippen molar-refractivity contribution in [3.63, 3.8) is 0 Å². The third kappa shape index (κ3) is 5.80. The first-order chi connectivity index (χ1) is 27.4. The Labute approximate surface area is 337 Å². The summed E-state index contributed by atoms with van der Waals surface area (Å²) in [4.78, 5) is 47.2. The van der Waals surface area contributed by atoms with Crippen LogP contribution < -0.4 is 9.80 Å². The SMILES string of the molecule is CCN1C(=O)C(=C2/C(=C/C=C3\N(CC)c4ccc5ccccc5c4C3(C)C)CCC/C2=C\C=C2\N(CC)c3ccc4ccccc4c3C2(C)C)C(=[OH+])N(CC)C1=O. The molecule has 1 saturated carbocycles. The molecule has 1 aliphatic carbocycles. The first-order valence-electron chi connectivity index (χ1n) is 20.8. The zero-order valence-electron chi connectivity index (χ0n) is 34.7. The van der Waals surface area contributed by atoms with E-state index in [0.29, 0.717) is 0 Å². The molecule has 57 heavy (non-hydrogen) atoms. The number of nitrogens with zero attached hydrogens (tertiary/aromatic N) is 4. The van der Waals surface area contributed by atoms with Gasteiger partial charge in [-0.15, -0.1) is 0 Å². The summed E-state index contributed by atoms with van der Waals surface area (Å²) in [6.45, 7) is 19.3. The van der Waals surface area contributed by atoms with Gasteiger partial charge in [0.25, 0.3) is 5.91 Å². The van der Waals surface area contributed by atoms with E-state index in [9.17, 15) is 14.4 Å². The van der Waals surface area contributed by atoms with Crippen molar-refractivity contribution in [2.75, 3.05) is 36.0 Å². The van der Waals surface area contributed by atoms with Crippen molar-refractivity contribution in [3.05, 3.63) is 142 Å². The van der Waals surface area contributed by atoms with Crippen LogP contribution in [0.2, 0.25) is 0 Å². The van der Waals surface area contributed by atoms with E-state index in [-0.39, 0.29) is 35.4 Å². The van der Waals surface area contributed by atoms with Crippen LogP contribution in [0.25, 0.3) is 21.5 Å². The van der Waals surface area contributed by atoms with Crippen molar-refractivity contribution in [3.8, 4) is 0 Å². The molecule has 0 unspecified atom stereocenters. The molecule has 0 spiro atoms. The lowest BCUT2D eigenvalue weighted by atomic mass is 9.78. The van der Waals surface area contributed by atoms with Crippen LogP contribution in [0.15, 0.2) is 131 Å². The van der Waals surface area contributed by atoms with E-state index in [1.54, 1.807) is 0 Å². The van der Waals surface area contributed by atoms with Gasteiger partial charge in [-0.1, -0.05) is 101 Å². The van der Waals surface area contributed by atoms with Gasteiger partial charge in [-0.05, 0) is 115 Å². The second kappa shape index (κ2) is 14.4. The highest BCUT2D eigenvalue weighted by Gasteiger charge is 2.48. The summed E-state index contributed by atoms with van der Waals surface area (Å²) in [6, 6.07) is 25.6. The summed E-state index contributed by atoms with van der Waals surface area (Å²) in [5, 5.41) is 4.97. The van der Waals surface area contributed by atoms with Crippen molar-refractivity contribution >= 4 is 50.8 Å². The lowest BCUT2D eigenvalue weighted by Crippen LogP contribution is -2.56. The summed E-state index contributed by atoms with van der Waals surface area (Å²) in [5.41, 5.74) is 9.77. The average molecular weight is 760 g/mol. The number of likely N-dealkylation sites (N-methyl/N-ethyl adjacent to an activating group) is 4. The zero-order valence-corrected chi connectivity index (χ0v) is 34.7. The molecule has 1 saturated heterocycles. The van der Waals surface area contributed by atoms with E-state index in [1.165, 1.54) is 65.2 Å². The molecule has 0 aromatic heterocycles. The summed E-state index contributed by atoms with van der Waals surface area (Å²) < 4.78 is 0. The number of rotatable bonds is 6. The number of benzene rings is 4. The Morgan fingerprint density at radius 3 is 1.44 bits per heavy atom. The number of carbonyl (C=O) groups excluding carboxylic acids is 3. The molecule has 0 radical (unpaired) electrons. The number of fused-ring (bicyclic) bond motifs is 6. The number of hydrogen-bond acceptors (Lipinski definition) is 4. The van der Waals surface area contributed by atoms with Crippen molar-refractivity contribution in [1.82, 2.24) is 9.80 Å². The molecule has 7 heteroatoms. The molecule has 0 bridgehead atoms. The fourth-order valence-corrected chi connectivity index (χ4v) is 10.2. The van der Waals surface area contributed by atoms with Gasteiger partial charge in [0.05, 0.1) is 0 Å². The van der Waals surface area contributed by atoms with Gasteiger partial charge < -0.3 is 9.80 Å². The van der Waals surface area contributed by atoms with Crippen LogP contribution in [0.5, 0.6) is 0 Å². The van der Waals surface area contributed by atoms with Gasteiger partial charge in [-0.2, -0.15) is 0 Å². The summed E-state index contributed by atoms with van der Waals surface area (Å²) >= 11 is 0. The minimum absolute atomic E-state index is 0.201. The van der Waals surface area contributed by atoms with Gasteiger partial charge >= 0.3 is 11.9 Å². The zero-order chi connectivity index (χ0) is 40.4. The highest BCUT2D eigenvalue weighted by molar-refractivity contribution is 6.30. The lowest BCUT2D eigenvalue weighted by molar-refractivity contribution is -0.124. The van der Waals surface area contributed by atoms with Crippen molar-refractivity contribution < 1.29 is 14.4 Å². The Kier molecular flexibility index (Phi) is 9.62. The summed E-state index contributed by atoms with van der Waals surface area (Å²) in [6.07, 6.45) is 11.2. The molecule has 4 aromatic carbocycles. The molecule has 3 heterocycles. The van der Waals surface area contributed by atoms with Crippen molar-refractivity contribution in [1.29, 1.82) is 0 Å². The van der Waals surface area contributed by atoms with Crippen LogP contribution in [-0.2, 0) is 15.6 Å². The Morgan fingerprint density at radius 2 is 1.00 bits per heavy atom. The van der Waals surface area contributed by atoms with Gasteiger partial charge in [0.15, 0.2) is 5.57 Å². The van der Waals surface area contributed by atoms with Crippen molar-refractivity contribution in [2.45, 2.75) is 85.5 Å². The van der Waals surface area contributed by atoms with Crippen LogP contribution in [0.4, 0.5) is 16.2 Å². The molecule has 1 N–H and O–H groups in total.